The zero-order valence-corrected chi connectivity index (χ0v) is 16.6. The molecule has 0 radical (unpaired) electrons. The largest absolute Gasteiger partial charge is 0.337 e. The van der Waals surface area contributed by atoms with E-state index in [2.05, 4.69) is 41.3 Å². The molecule has 1 aliphatic heterocycles. The summed E-state index contributed by atoms with van der Waals surface area (Å²) in [6.45, 7) is 3.74. The van der Waals surface area contributed by atoms with Crippen LogP contribution in [0.15, 0.2) is 72.8 Å². The average Bonchev–Trinajstić information content (AvgIpc) is 2.78. The minimum absolute atomic E-state index is 0.00135. The number of fused-ring (bicyclic) bond motifs is 1. The Morgan fingerprint density at radius 3 is 2.43 bits per heavy atom. The van der Waals surface area contributed by atoms with Crippen LogP contribution < -0.4 is 0 Å². The molecule has 0 aliphatic carbocycles. The Balaban J connectivity index is 1.36. The minimum Gasteiger partial charge on any atom is -0.337 e. The van der Waals surface area contributed by atoms with E-state index in [9.17, 15) is 14.9 Å². The zero-order valence-electron chi connectivity index (χ0n) is 16.6. The quantitative estimate of drug-likeness (QED) is 0.367. The number of carbonyl (C=O) groups excluding carboxylic acids is 1. The third-order valence-electron chi connectivity index (χ3n) is 5.50. The van der Waals surface area contributed by atoms with Gasteiger partial charge in [-0.05, 0) is 28.5 Å². The lowest BCUT2D eigenvalue weighted by molar-refractivity contribution is -0.385. The van der Waals surface area contributed by atoms with Crippen LogP contribution in [-0.4, -0.2) is 46.8 Å². The van der Waals surface area contributed by atoms with Gasteiger partial charge in [-0.25, -0.2) is 0 Å². The van der Waals surface area contributed by atoms with E-state index in [0.717, 1.165) is 19.6 Å². The highest BCUT2D eigenvalue weighted by Crippen LogP contribution is 2.21. The normalized spacial score (nSPS) is 15.0. The lowest BCUT2D eigenvalue weighted by Gasteiger charge is -2.34. The molecule has 0 N–H and O–H groups in total. The molecule has 0 saturated carbocycles. The van der Waals surface area contributed by atoms with Crippen molar-refractivity contribution >= 4 is 28.4 Å². The maximum absolute atomic E-state index is 12.5. The molecule has 6 nitrogen and oxygen atoms in total. The lowest BCUT2D eigenvalue weighted by atomic mass is 10.0. The molecule has 0 aromatic heterocycles. The van der Waals surface area contributed by atoms with Gasteiger partial charge in [0.25, 0.3) is 5.69 Å². The summed E-state index contributed by atoms with van der Waals surface area (Å²) in [5.74, 6) is -0.113. The Kier molecular flexibility index (Phi) is 5.86. The monoisotopic (exact) mass is 401 g/mol. The van der Waals surface area contributed by atoms with Crippen molar-refractivity contribution in [1.29, 1.82) is 0 Å². The van der Waals surface area contributed by atoms with Crippen LogP contribution in [0.4, 0.5) is 5.69 Å². The van der Waals surface area contributed by atoms with Crippen molar-refractivity contribution in [3.63, 3.8) is 0 Å². The predicted octanol–water partition coefficient (Wildman–Crippen LogP) is 4.11. The van der Waals surface area contributed by atoms with Crippen LogP contribution in [0.3, 0.4) is 0 Å². The molecule has 1 heterocycles. The number of hydrogen-bond donors (Lipinski definition) is 0. The van der Waals surface area contributed by atoms with Crippen molar-refractivity contribution in [2.24, 2.45) is 0 Å². The minimum atomic E-state index is -0.434. The second-order valence-electron chi connectivity index (χ2n) is 7.39. The average molecular weight is 401 g/mol. The summed E-state index contributed by atoms with van der Waals surface area (Å²) in [5, 5.41) is 13.6. The number of nitro benzene ring substituents is 1. The predicted molar refractivity (Wildman–Crippen MR) is 118 cm³/mol. The summed E-state index contributed by atoms with van der Waals surface area (Å²) in [5.41, 5.74) is 1.73. The smallest absolute Gasteiger partial charge is 0.276 e. The highest BCUT2D eigenvalue weighted by molar-refractivity contribution is 5.92. The zero-order chi connectivity index (χ0) is 20.9. The van der Waals surface area contributed by atoms with Gasteiger partial charge in [0.05, 0.1) is 10.5 Å². The van der Waals surface area contributed by atoms with Crippen LogP contribution in [0, 0.1) is 10.1 Å². The van der Waals surface area contributed by atoms with Gasteiger partial charge in [0.2, 0.25) is 5.91 Å². The lowest BCUT2D eigenvalue weighted by Crippen LogP contribution is -2.47. The van der Waals surface area contributed by atoms with Crippen molar-refractivity contribution in [2.75, 3.05) is 26.2 Å². The van der Waals surface area contributed by atoms with E-state index in [4.69, 9.17) is 0 Å². The number of amides is 1. The molecule has 1 aliphatic rings. The second-order valence-corrected chi connectivity index (χ2v) is 7.39. The van der Waals surface area contributed by atoms with Gasteiger partial charge < -0.3 is 4.90 Å². The van der Waals surface area contributed by atoms with Crippen LogP contribution in [0.5, 0.6) is 0 Å². The molecule has 1 amide bonds. The molecular weight excluding hydrogens is 378 g/mol. The first kappa shape index (κ1) is 19.8. The SMILES string of the molecule is O=C(/C=C/c1ccccc1[N+](=O)[O-])N1CCN(Cc2cccc3ccccc23)CC1. The molecule has 6 heteroatoms. The van der Waals surface area contributed by atoms with Crippen LogP contribution in [0.2, 0.25) is 0 Å². The van der Waals surface area contributed by atoms with E-state index in [0.29, 0.717) is 18.7 Å². The number of hydrogen-bond acceptors (Lipinski definition) is 4. The van der Waals surface area contributed by atoms with Gasteiger partial charge in [0, 0.05) is 44.9 Å². The Bertz CT molecular complexity index is 1100. The number of nitrogens with zero attached hydrogens (tertiary/aromatic N) is 3. The first-order chi connectivity index (χ1) is 14.6. The van der Waals surface area contributed by atoms with E-state index in [1.807, 2.05) is 6.07 Å². The molecule has 0 spiro atoms. The van der Waals surface area contributed by atoms with Crippen LogP contribution in [0.1, 0.15) is 11.1 Å². The number of carbonyl (C=O) groups is 1. The molecule has 3 aromatic rings. The van der Waals surface area contributed by atoms with Crippen LogP contribution >= 0.6 is 0 Å². The third-order valence-corrected chi connectivity index (χ3v) is 5.50. The number of benzene rings is 3. The standard InChI is InChI=1S/C24H23N3O3/c28-24(13-12-20-7-2-4-11-23(20)27(29)30)26-16-14-25(15-17-26)18-21-9-5-8-19-6-1-3-10-22(19)21/h1-13H,14-18H2/b13-12+. The molecule has 0 unspecified atom stereocenters. The van der Waals surface area contributed by atoms with E-state index >= 15 is 0 Å². The molecule has 1 saturated heterocycles. The van der Waals surface area contributed by atoms with Crippen molar-refractivity contribution in [1.82, 2.24) is 9.80 Å². The van der Waals surface area contributed by atoms with E-state index in [-0.39, 0.29) is 11.6 Å². The van der Waals surface area contributed by atoms with E-state index < -0.39 is 4.92 Å². The van der Waals surface area contributed by atoms with Crippen molar-refractivity contribution in [3.8, 4) is 0 Å². The molecule has 0 atom stereocenters. The van der Waals surface area contributed by atoms with Gasteiger partial charge in [-0.2, -0.15) is 0 Å². The van der Waals surface area contributed by atoms with Gasteiger partial charge in [-0.1, -0.05) is 54.6 Å². The summed E-state index contributed by atoms with van der Waals surface area (Å²) in [6.07, 6.45) is 2.96. The summed E-state index contributed by atoms with van der Waals surface area (Å²) >= 11 is 0. The molecule has 30 heavy (non-hydrogen) atoms. The van der Waals surface area contributed by atoms with Gasteiger partial charge in [0.15, 0.2) is 0 Å². The summed E-state index contributed by atoms with van der Waals surface area (Å²) in [6, 6.07) is 21.2. The molecule has 152 valence electrons. The molecular formula is C24H23N3O3. The second kappa shape index (κ2) is 8.88. The summed E-state index contributed by atoms with van der Waals surface area (Å²) in [4.78, 5) is 27.4. The van der Waals surface area contributed by atoms with E-state index in [1.54, 1.807) is 23.1 Å². The number of para-hydroxylation sites is 1. The van der Waals surface area contributed by atoms with Crippen molar-refractivity contribution in [3.05, 3.63) is 94.0 Å². The maximum Gasteiger partial charge on any atom is 0.276 e. The number of nitro groups is 1. The Labute approximate surface area is 175 Å². The first-order valence-corrected chi connectivity index (χ1v) is 10.0. The first-order valence-electron chi connectivity index (χ1n) is 10.0. The van der Waals surface area contributed by atoms with Crippen LogP contribution in [0.25, 0.3) is 16.8 Å². The fourth-order valence-electron chi connectivity index (χ4n) is 3.86. The summed E-state index contributed by atoms with van der Waals surface area (Å²) < 4.78 is 0. The molecule has 3 aromatic carbocycles. The highest BCUT2D eigenvalue weighted by Gasteiger charge is 2.20. The fraction of sp³-hybridized carbons (Fsp3) is 0.208. The molecule has 0 bridgehead atoms. The van der Waals surface area contributed by atoms with Gasteiger partial charge in [-0.15, -0.1) is 0 Å². The number of rotatable bonds is 5. The van der Waals surface area contributed by atoms with Gasteiger partial charge in [-0.3, -0.25) is 19.8 Å². The van der Waals surface area contributed by atoms with Crippen LogP contribution in [-0.2, 0) is 11.3 Å². The highest BCUT2D eigenvalue weighted by atomic mass is 16.6. The van der Waals surface area contributed by atoms with Gasteiger partial charge in [0.1, 0.15) is 0 Å². The Hall–Kier alpha value is -3.51. The maximum atomic E-state index is 12.5. The van der Waals surface area contributed by atoms with Gasteiger partial charge >= 0.3 is 0 Å². The van der Waals surface area contributed by atoms with Crippen molar-refractivity contribution in [2.45, 2.75) is 6.54 Å². The summed E-state index contributed by atoms with van der Waals surface area (Å²) in [7, 11) is 0. The van der Waals surface area contributed by atoms with E-state index in [1.165, 1.54) is 34.6 Å². The molecule has 1 fully saturated rings. The van der Waals surface area contributed by atoms with Crippen molar-refractivity contribution < 1.29 is 9.72 Å². The third kappa shape index (κ3) is 4.39. The number of piperazine rings is 1. The fourth-order valence-corrected chi connectivity index (χ4v) is 3.86. The topological polar surface area (TPSA) is 66.7 Å². The Morgan fingerprint density at radius 1 is 0.933 bits per heavy atom. The molecule has 4 rings (SSSR count). The Morgan fingerprint density at radius 2 is 1.63 bits per heavy atom.